The van der Waals surface area contributed by atoms with Gasteiger partial charge in [0.05, 0.1) is 6.61 Å². The highest BCUT2D eigenvalue weighted by Crippen LogP contribution is 1.77. The fourth-order valence-corrected chi connectivity index (χ4v) is 0.705. The number of rotatable bonds is 5. The molecule has 11 heavy (non-hydrogen) atoms. The van der Waals surface area contributed by atoms with Gasteiger partial charge in [0.1, 0.15) is 0 Å². The van der Waals surface area contributed by atoms with E-state index in [4.69, 9.17) is 5.11 Å². The van der Waals surface area contributed by atoms with Crippen molar-refractivity contribution in [3.63, 3.8) is 0 Å². The van der Waals surface area contributed by atoms with Gasteiger partial charge < -0.3 is 15.3 Å². The summed E-state index contributed by atoms with van der Waals surface area (Å²) in [7, 11) is 1.90. The van der Waals surface area contributed by atoms with Crippen molar-refractivity contribution in [3.05, 3.63) is 0 Å². The van der Waals surface area contributed by atoms with Gasteiger partial charge in [0.25, 0.3) is 0 Å². The maximum absolute atomic E-state index is 10.4. The third-order valence-electron chi connectivity index (χ3n) is 1.35. The van der Waals surface area contributed by atoms with Crippen molar-refractivity contribution in [2.24, 2.45) is 0 Å². The predicted molar refractivity (Wildman–Crippen MR) is 43.3 cm³/mol. The van der Waals surface area contributed by atoms with Crippen LogP contribution < -0.4 is 5.32 Å². The molecule has 0 aromatic carbocycles. The molecule has 0 unspecified atom stereocenters. The van der Waals surface area contributed by atoms with E-state index < -0.39 is 0 Å². The van der Waals surface area contributed by atoms with Gasteiger partial charge in [0.2, 0.25) is 5.91 Å². The number of amides is 1. The van der Waals surface area contributed by atoms with Crippen LogP contribution in [-0.4, -0.2) is 49.2 Å². The summed E-state index contributed by atoms with van der Waals surface area (Å²) < 4.78 is 0. The Morgan fingerprint density at radius 1 is 1.55 bits per heavy atom. The summed E-state index contributed by atoms with van der Waals surface area (Å²) >= 11 is 0. The van der Waals surface area contributed by atoms with Gasteiger partial charge in [0, 0.05) is 26.6 Å². The molecule has 0 aromatic heterocycles. The molecule has 0 aromatic rings. The van der Waals surface area contributed by atoms with Gasteiger partial charge in [-0.3, -0.25) is 4.79 Å². The number of carbonyl (C=O) groups is 1. The first kappa shape index (κ1) is 10.4. The second-order valence-electron chi connectivity index (χ2n) is 2.51. The number of carbonyl (C=O) groups excluding carboxylic acids is 1. The zero-order valence-electron chi connectivity index (χ0n) is 7.13. The second-order valence-corrected chi connectivity index (χ2v) is 2.51. The lowest BCUT2D eigenvalue weighted by molar-refractivity contribution is -0.118. The Bertz CT molecular complexity index is 117. The van der Waals surface area contributed by atoms with Crippen molar-refractivity contribution in [1.29, 1.82) is 0 Å². The minimum Gasteiger partial charge on any atom is -0.395 e. The van der Waals surface area contributed by atoms with Crippen molar-refractivity contribution in [2.45, 2.75) is 6.92 Å². The third-order valence-corrected chi connectivity index (χ3v) is 1.35. The third kappa shape index (κ3) is 7.29. The Hall–Kier alpha value is -0.610. The zero-order chi connectivity index (χ0) is 8.69. The van der Waals surface area contributed by atoms with E-state index in [1.54, 1.807) is 0 Å². The smallest absolute Gasteiger partial charge is 0.216 e. The molecule has 4 heteroatoms. The number of hydrogen-bond donors (Lipinski definition) is 2. The van der Waals surface area contributed by atoms with Crippen LogP contribution in [0.2, 0.25) is 0 Å². The molecule has 4 nitrogen and oxygen atoms in total. The molecule has 0 spiro atoms. The van der Waals surface area contributed by atoms with Gasteiger partial charge in [-0.15, -0.1) is 0 Å². The topological polar surface area (TPSA) is 52.6 Å². The van der Waals surface area contributed by atoms with E-state index in [0.29, 0.717) is 13.1 Å². The van der Waals surface area contributed by atoms with E-state index in [1.807, 2.05) is 11.9 Å². The highest BCUT2D eigenvalue weighted by atomic mass is 16.3. The van der Waals surface area contributed by atoms with E-state index in [0.717, 1.165) is 6.54 Å². The molecule has 1 amide bonds. The number of aliphatic hydroxyl groups excluding tert-OH is 1. The molecule has 0 radical (unpaired) electrons. The molecule has 0 heterocycles. The summed E-state index contributed by atoms with van der Waals surface area (Å²) in [5, 5.41) is 11.2. The van der Waals surface area contributed by atoms with Crippen molar-refractivity contribution >= 4 is 5.91 Å². The summed E-state index contributed by atoms with van der Waals surface area (Å²) in [4.78, 5) is 12.4. The monoisotopic (exact) mass is 160 g/mol. The fourth-order valence-electron chi connectivity index (χ4n) is 0.705. The average molecular weight is 160 g/mol. The van der Waals surface area contributed by atoms with E-state index >= 15 is 0 Å². The average Bonchev–Trinajstić information content (AvgIpc) is 1.87. The van der Waals surface area contributed by atoms with Crippen LogP contribution in [0.4, 0.5) is 0 Å². The van der Waals surface area contributed by atoms with Crippen LogP contribution in [-0.2, 0) is 4.79 Å². The molecule has 0 bridgehead atoms. The molecule has 0 aliphatic heterocycles. The maximum Gasteiger partial charge on any atom is 0.216 e. The maximum atomic E-state index is 10.4. The first-order valence-electron chi connectivity index (χ1n) is 3.70. The molecule has 0 saturated carbocycles. The van der Waals surface area contributed by atoms with Crippen LogP contribution in [0.5, 0.6) is 0 Å². The molecule has 0 fully saturated rings. The van der Waals surface area contributed by atoms with Gasteiger partial charge in [-0.05, 0) is 7.05 Å². The molecule has 0 saturated heterocycles. The first-order valence-corrected chi connectivity index (χ1v) is 3.70. The zero-order valence-corrected chi connectivity index (χ0v) is 7.13. The summed E-state index contributed by atoms with van der Waals surface area (Å²) in [6, 6.07) is 0. The standard InChI is InChI=1S/C7H16N2O2/c1-7(11)8-3-4-9(2)5-6-10/h10H,3-6H2,1-2H3,(H,8,11). The lowest BCUT2D eigenvalue weighted by Crippen LogP contribution is -2.32. The van der Waals surface area contributed by atoms with Crippen LogP contribution in [0, 0.1) is 0 Å². The van der Waals surface area contributed by atoms with E-state index in [2.05, 4.69) is 5.32 Å². The van der Waals surface area contributed by atoms with Crippen LogP contribution in [0.15, 0.2) is 0 Å². The highest BCUT2D eigenvalue weighted by Gasteiger charge is 1.96. The largest absolute Gasteiger partial charge is 0.395 e. The minimum atomic E-state index is -0.0117. The van der Waals surface area contributed by atoms with Crippen molar-refractivity contribution in [3.8, 4) is 0 Å². The Morgan fingerprint density at radius 3 is 2.64 bits per heavy atom. The number of aliphatic hydroxyl groups is 1. The summed E-state index contributed by atoms with van der Waals surface area (Å²) in [6.07, 6.45) is 0. The van der Waals surface area contributed by atoms with Crippen LogP contribution >= 0.6 is 0 Å². The molecular formula is C7H16N2O2. The van der Waals surface area contributed by atoms with Gasteiger partial charge in [0.15, 0.2) is 0 Å². The Balaban J connectivity index is 3.16. The molecule has 0 rings (SSSR count). The van der Waals surface area contributed by atoms with Gasteiger partial charge in [-0.2, -0.15) is 0 Å². The van der Waals surface area contributed by atoms with E-state index in [1.165, 1.54) is 6.92 Å². The molecule has 0 aliphatic carbocycles. The molecule has 0 atom stereocenters. The van der Waals surface area contributed by atoms with Crippen LogP contribution in [0.1, 0.15) is 6.92 Å². The van der Waals surface area contributed by atoms with Gasteiger partial charge in [-0.25, -0.2) is 0 Å². The lowest BCUT2D eigenvalue weighted by Gasteiger charge is -2.14. The highest BCUT2D eigenvalue weighted by molar-refractivity contribution is 5.72. The molecule has 66 valence electrons. The SMILES string of the molecule is CC(=O)NCCN(C)CCO. The Morgan fingerprint density at radius 2 is 2.18 bits per heavy atom. The number of hydrogen-bond acceptors (Lipinski definition) is 3. The second kappa shape index (κ2) is 6.12. The molecule has 2 N–H and O–H groups in total. The lowest BCUT2D eigenvalue weighted by atomic mass is 10.5. The normalized spacial score (nSPS) is 10.2. The number of nitrogens with zero attached hydrogens (tertiary/aromatic N) is 1. The van der Waals surface area contributed by atoms with Gasteiger partial charge >= 0.3 is 0 Å². The number of likely N-dealkylation sites (N-methyl/N-ethyl adjacent to an activating group) is 1. The Kier molecular flexibility index (Phi) is 5.78. The van der Waals surface area contributed by atoms with Crippen molar-refractivity contribution in [1.82, 2.24) is 10.2 Å². The van der Waals surface area contributed by atoms with Crippen LogP contribution in [0.3, 0.4) is 0 Å². The van der Waals surface area contributed by atoms with Crippen molar-refractivity contribution in [2.75, 3.05) is 33.3 Å². The fraction of sp³-hybridized carbons (Fsp3) is 0.857. The Labute approximate surface area is 67.2 Å². The minimum absolute atomic E-state index is 0.0117. The molecular weight excluding hydrogens is 144 g/mol. The summed E-state index contributed by atoms with van der Waals surface area (Å²) in [5.74, 6) is -0.0117. The van der Waals surface area contributed by atoms with Crippen molar-refractivity contribution < 1.29 is 9.90 Å². The summed E-state index contributed by atoms with van der Waals surface area (Å²) in [6.45, 7) is 3.73. The van der Waals surface area contributed by atoms with Gasteiger partial charge in [-0.1, -0.05) is 0 Å². The van der Waals surface area contributed by atoms with E-state index in [-0.39, 0.29) is 12.5 Å². The predicted octanol–water partition coefficient (Wildman–Crippen LogP) is -0.953. The summed E-state index contributed by atoms with van der Waals surface area (Å²) in [5.41, 5.74) is 0. The number of nitrogens with one attached hydrogen (secondary N) is 1. The quantitative estimate of drug-likeness (QED) is 0.545. The van der Waals surface area contributed by atoms with E-state index in [9.17, 15) is 4.79 Å². The molecule has 0 aliphatic rings. The first-order chi connectivity index (χ1) is 5.16. The van der Waals surface area contributed by atoms with Crippen LogP contribution in [0.25, 0.3) is 0 Å².